The van der Waals surface area contributed by atoms with Gasteiger partial charge in [0, 0.05) is 0 Å². The number of rotatable bonds is 4. The maximum atomic E-state index is 12.1. The van der Waals surface area contributed by atoms with Gasteiger partial charge < -0.3 is 9.47 Å². The van der Waals surface area contributed by atoms with E-state index in [-0.39, 0.29) is 12.1 Å². The summed E-state index contributed by atoms with van der Waals surface area (Å²) < 4.78 is 11.3. The van der Waals surface area contributed by atoms with E-state index < -0.39 is 5.60 Å². The van der Waals surface area contributed by atoms with Gasteiger partial charge in [-0.15, -0.1) is 0 Å². The molecule has 0 aliphatic carbocycles. The lowest BCUT2D eigenvalue weighted by Crippen LogP contribution is -2.28. The number of carbonyl (C=O) groups excluding carboxylic acids is 1. The highest BCUT2D eigenvalue weighted by Gasteiger charge is 2.27. The fraction of sp³-hybridized carbons (Fsp3) is 0.688. The van der Waals surface area contributed by atoms with Crippen LogP contribution in [0.1, 0.15) is 60.8 Å². The maximum Gasteiger partial charge on any atom is 0.342 e. The van der Waals surface area contributed by atoms with Crippen LogP contribution in [-0.4, -0.2) is 17.7 Å². The fourth-order valence-corrected chi connectivity index (χ4v) is 2.10. The van der Waals surface area contributed by atoms with E-state index in [0.29, 0.717) is 11.3 Å². The molecule has 0 saturated carbocycles. The molecule has 1 atom stereocenters. The lowest BCUT2D eigenvalue weighted by Gasteiger charge is -2.28. The molecule has 0 bridgehead atoms. The zero-order valence-corrected chi connectivity index (χ0v) is 13.0. The lowest BCUT2D eigenvalue weighted by atomic mass is 9.97. The van der Waals surface area contributed by atoms with Crippen molar-refractivity contribution in [1.29, 1.82) is 0 Å². The predicted octanol–water partition coefficient (Wildman–Crippen LogP) is 4.14. The maximum absolute atomic E-state index is 12.1. The highest BCUT2D eigenvalue weighted by atomic mass is 16.6. The van der Waals surface area contributed by atoms with E-state index in [2.05, 4.69) is 13.8 Å². The first-order chi connectivity index (χ1) is 8.78. The molecule has 108 valence electrons. The van der Waals surface area contributed by atoms with E-state index in [1.165, 1.54) is 5.57 Å². The van der Waals surface area contributed by atoms with Gasteiger partial charge in [-0.1, -0.05) is 20.3 Å². The molecular formula is C16H26O3. The van der Waals surface area contributed by atoms with Gasteiger partial charge in [-0.2, -0.15) is 0 Å². The van der Waals surface area contributed by atoms with Gasteiger partial charge in [0.05, 0.1) is 5.57 Å². The summed E-state index contributed by atoms with van der Waals surface area (Å²) >= 11 is 0. The van der Waals surface area contributed by atoms with Crippen molar-refractivity contribution in [1.82, 2.24) is 0 Å². The van der Waals surface area contributed by atoms with E-state index in [1.807, 2.05) is 33.8 Å². The molecule has 1 aliphatic heterocycles. The average molecular weight is 266 g/mol. The smallest absolute Gasteiger partial charge is 0.342 e. The monoisotopic (exact) mass is 266 g/mol. The Balaban J connectivity index is 2.93. The summed E-state index contributed by atoms with van der Waals surface area (Å²) in [5.41, 5.74) is 1.25. The van der Waals surface area contributed by atoms with Crippen LogP contribution >= 0.6 is 0 Å². The summed E-state index contributed by atoms with van der Waals surface area (Å²) in [6.07, 6.45) is 5.01. The Bertz CT molecular complexity index is 397. The minimum atomic E-state index is -0.481. The molecular weight excluding hydrogens is 240 g/mol. The Morgan fingerprint density at radius 1 is 1.37 bits per heavy atom. The molecule has 19 heavy (non-hydrogen) atoms. The highest BCUT2D eigenvalue weighted by Crippen LogP contribution is 2.29. The van der Waals surface area contributed by atoms with Crippen LogP contribution in [0.5, 0.6) is 0 Å². The van der Waals surface area contributed by atoms with Gasteiger partial charge in [0.25, 0.3) is 0 Å². The van der Waals surface area contributed by atoms with Crippen LogP contribution in [0.15, 0.2) is 23.0 Å². The summed E-state index contributed by atoms with van der Waals surface area (Å²) in [7, 11) is 0. The van der Waals surface area contributed by atoms with E-state index in [4.69, 9.17) is 9.47 Å². The van der Waals surface area contributed by atoms with Crippen molar-refractivity contribution < 1.29 is 14.3 Å². The van der Waals surface area contributed by atoms with Crippen molar-refractivity contribution in [3.63, 3.8) is 0 Å². The highest BCUT2D eigenvalue weighted by molar-refractivity contribution is 5.92. The van der Waals surface area contributed by atoms with Crippen molar-refractivity contribution in [2.75, 3.05) is 0 Å². The molecule has 0 radical (unpaired) electrons. The first kappa shape index (κ1) is 15.8. The third-order valence-electron chi connectivity index (χ3n) is 3.02. The first-order valence-electron chi connectivity index (χ1n) is 7.09. The summed E-state index contributed by atoms with van der Waals surface area (Å²) in [6, 6.07) is 0. The number of carbonyl (C=O) groups is 1. The van der Waals surface area contributed by atoms with Gasteiger partial charge in [-0.3, -0.25) is 0 Å². The summed E-state index contributed by atoms with van der Waals surface area (Å²) in [5.74, 6) is 0.371. The van der Waals surface area contributed by atoms with Crippen molar-refractivity contribution in [2.45, 2.75) is 72.5 Å². The molecule has 1 aliphatic rings. The molecule has 1 heterocycles. The van der Waals surface area contributed by atoms with E-state index in [0.717, 1.165) is 19.3 Å². The first-order valence-corrected chi connectivity index (χ1v) is 7.09. The third kappa shape index (κ3) is 4.41. The standard InChI is InChI=1S/C16H26O3/c1-7-9-14-12(8-2)10-13(11(3)18-14)15(17)19-16(4,5)6/h10,14H,7-9H2,1-6H3. The summed E-state index contributed by atoms with van der Waals surface area (Å²) in [4.78, 5) is 12.1. The molecule has 3 nitrogen and oxygen atoms in total. The van der Waals surface area contributed by atoms with Gasteiger partial charge in [0.15, 0.2) is 0 Å². The zero-order valence-electron chi connectivity index (χ0n) is 13.0. The number of allylic oxidation sites excluding steroid dienone is 1. The Morgan fingerprint density at radius 2 is 2.00 bits per heavy atom. The van der Waals surface area contributed by atoms with Crippen LogP contribution in [0.4, 0.5) is 0 Å². The lowest BCUT2D eigenvalue weighted by molar-refractivity contribution is -0.149. The van der Waals surface area contributed by atoms with Crippen LogP contribution < -0.4 is 0 Å². The number of hydrogen-bond acceptors (Lipinski definition) is 3. The summed E-state index contributed by atoms with van der Waals surface area (Å²) in [6.45, 7) is 11.7. The minimum absolute atomic E-state index is 0.112. The molecule has 0 spiro atoms. The Kier molecular flexibility index (Phi) is 5.21. The average Bonchev–Trinajstić information content (AvgIpc) is 2.27. The van der Waals surface area contributed by atoms with E-state index in [9.17, 15) is 4.79 Å². The number of ether oxygens (including phenoxy) is 2. The molecule has 0 aromatic rings. The second-order valence-corrected chi connectivity index (χ2v) is 5.94. The van der Waals surface area contributed by atoms with Gasteiger partial charge in [-0.05, 0) is 52.2 Å². The molecule has 0 aromatic carbocycles. The molecule has 0 aromatic heterocycles. The normalized spacial score (nSPS) is 19.9. The van der Waals surface area contributed by atoms with Crippen molar-refractivity contribution in [3.8, 4) is 0 Å². The van der Waals surface area contributed by atoms with Gasteiger partial charge in [-0.25, -0.2) is 4.79 Å². The molecule has 0 saturated heterocycles. The summed E-state index contributed by atoms with van der Waals surface area (Å²) in [5, 5.41) is 0. The van der Waals surface area contributed by atoms with Crippen molar-refractivity contribution >= 4 is 5.97 Å². The van der Waals surface area contributed by atoms with Gasteiger partial charge in [0.1, 0.15) is 17.5 Å². The van der Waals surface area contributed by atoms with Crippen LogP contribution in [0.25, 0.3) is 0 Å². The molecule has 1 unspecified atom stereocenters. The molecule has 0 N–H and O–H groups in total. The van der Waals surface area contributed by atoms with Gasteiger partial charge >= 0.3 is 5.97 Å². The Hall–Kier alpha value is -1.25. The third-order valence-corrected chi connectivity index (χ3v) is 3.02. The van der Waals surface area contributed by atoms with Crippen LogP contribution in [0.3, 0.4) is 0 Å². The molecule has 0 amide bonds. The molecule has 1 rings (SSSR count). The van der Waals surface area contributed by atoms with E-state index in [1.54, 1.807) is 0 Å². The second-order valence-electron chi connectivity index (χ2n) is 5.94. The Labute approximate surface area is 116 Å². The largest absolute Gasteiger partial charge is 0.490 e. The predicted molar refractivity (Wildman–Crippen MR) is 76.7 cm³/mol. The number of esters is 1. The quantitative estimate of drug-likeness (QED) is 0.717. The zero-order chi connectivity index (χ0) is 14.6. The van der Waals surface area contributed by atoms with Crippen LogP contribution in [0.2, 0.25) is 0 Å². The molecule has 0 fully saturated rings. The fourth-order valence-electron chi connectivity index (χ4n) is 2.10. The second kappa shape index (κ2) is 6.27. The van der Waals surface area contributed by atoms with Gasteiger partial charge in [0.2, 0.25) is 0 Å². The van der Waals surface area contributed by atoms with Crippen LogP contribution in [0, 0.1) is 0 Å². The van der Waals surface area contributed by atoms with Crippen molar-refractivity contribution in [2.24, 2.45) is 0 Å². The molecule has 3 heteroatoms. The Morgan fingerprint density at radius 3 is 2.47 bits per heavy atom. The topological polar surface area (TPSA) is 35.5 Å². The van der Waals surface area contributed by atoms with Crippen LogP contribution in [-0.2, 0) is 14.3 Å². The number of hydrogen-bond donors (Lipinski definition) is 0. The minimum Gasteiger partial charge on any atom is -0.490 e. The SMILES string of the molecule is CCCC1OC(C)=C(C(=O)OC(C)(C)C)C=C1CC. The van der Waals surface area contributed by atoms with E-state index >= 15 is 0 Å². The van der Waals surface area contributed by atoms with Crippen molar-refractivity contribution in [3.05, 3.63) is 23.0 Å².